The molecule has 2 aliphatic rings. The van der Waals surface area contributed by atoms with Crippen LogP contribution in [0.15, 0.2) is 42.5 Å². The van der Waals surface area contributed by atoms with Crippen LogP contribution in [-0.4, -0.2) is 101 Å². The average molecular weight is 623 g/mol. The standard InChI is InChI=1S/C25H29F3N4O4.C4H4O4/c1-35-19-5-15(6-20(10-19)36-2)12-31-14-18-13-30(3-4-32(18)25(31)34)24(33)9-17(29)7-16-8-22(27)23(28)11-21(16)26;5-3(6)1-2-4(7)8/h5-6,8,10-11,17-18H,3-4,7,9,12-14,29H2,1-2H3;1-2H,(H,5,6)(H,7,8)/b;2-1+/t17-,18?;/m1./s1. The van der Waals surface area contributed by atoms with E-state index in [9.17, 15) is 32.3 Å². The zero-order valence-electron chi connectivity index (χ0n) is 24.0. The van der Waals surface area contributed by atoms with E-state index < -0.39 is 35.4 Å². The summed E-state index contributed by atoms with van der Waals surface area (Å²) in [5, 5.41) is 15.6. The van der Waals surface area contributed by atoms with Crippen LogP contribution in [0, 0.1) is 17.5 Å². The van der Waals surface area contributed by atoms with Crippen LogP contribution in [0.2, 0.25) is 0 Å². The maximum absolute atomic E-state index is 13.9. The summed E-state index contributed by atoms with van der Waals surface area (Å²) >= 11 is 0. The highest BCUT2D eigenvalue weighted by molar-refractivity contribution is 5.89. The number of rotatable bonds is 10. The van der Waals surface area contributed by atoms with Crippen molar-refractivity contribution in [1.82, 2.24) is 14.7 Å². The molecule has 2 aromatic carbocycles. The zero-order valence-corrected chi connectivity index (χ0v) is 24.0. The summed E-state index contributed by atoms with van der Waals surface area (Å²) in [6.45, 7) is 1.93. The van der Waals surface area contributed by atoms with Crippen molar-refractivity contribution in [3.05, 3.63) is 71.1 Å². The van der Waals surface area contributed by atoms with Gasteiger partial charge in [0.15, 0.2) is 11.6 Å². The Hall–Kier alpha value is -4.79. The number of amides is 3. The number of halogens is 3. The number of methoxy groups -OCH3 is 2. The molecule has 2 aliphatic heterocycles. The van der Waals surface area contributed by atoms with Crippen molar-refractivity contribution < 1.29 is 52.0 Å². The molecule has 2 aromatic rings. The summed E-state index contributed by atoms with van der Waals surface area (Å²) in [7, 11) is 3.12. The van der Waals surface area contributed by atoms with Crippen LogP contribution >= 0.6 is 0 Å². The van der Waals surface area contributed by atoms with E-state index in [0.717, 1.165) is 11.6 Å². The molecule has 0 aromatic heterocycles. The van der Waals surface area contributed by atoms with Gasteiger partial charge in [-0.2, -0.15) is 0 Å². The molecule has 12 nitrogen and oxygen atoms in total. The quantitative estimate of drug-likeness (QED) is 0.266. The van der Waals surface area contributed by atoms with Crippen molar-refractivity contribution in [3.8, 4) is 11.5 Å². The summed E-state index contributed by atoms with van der Waals surface area (Å²) in [6.07, 6.45) is 0.936. The number of ether oxygens (including phenoxy) is 2. The predicted molar refractivity (Wildman–Crippen MR) is 149 cm³/mol. The van der Waals surface area contributed by atoms with E-state index >= 15 is 0 Å². The highest BCUT2D eigenvalue weighted by atomic mass is 19.2. The second kappa shape index (κ2) is 15.1. The highest BCUT2D eigenvalue weighted by Gasteiger charge is 2.41. The van der Waals surface area contributed by atoms with Gasteiger partial charge in [-0.25, -0.2) is 27.6 Å². The first kappa shape index (κ1) is 33.7. The van der Waals surface area contributed by atoms with E-state index in [1.54, 1.807) is 35.0 Å². The van der Waals surface area contributed by atoms with Crippen LogP contribution in [0.5, 0.6) is 11.5 Å². The Bertz CT molecular complexity index is 1380. The Morgan fingerprint density at radius 2 is 1.52 bits per heavy atom. The van der Waals surface area contributed by atoms with E-state index in [2.05, 4.69) is 0 Å². The maximum atomic E-state index is 13.9. The third kappa shape index (κ3) is 9.10. The molecule has 4 N–H and O–H groups in total. The van der Waals surface area contributed by atoms with E-state index in [4.69, 9.17) is 25.4 Å². The van der Waals surface area contributed by atoms with Gasteiger partial charge in [0.25, 0.3) is 0 Å². The van der Waals surface area contributed by atoms with Crippen molar-refractivity contribution in [2.75, 3.05) is 40.4 Å². The van der Waals surface area contributed by atoms with Crippen LogP contribution in [0.4, 0.5) is 18.0 Å². The van der Waals surface area contributed by atoms with Gasteiger partial charge in [0.05, 0.1) is 20.3 Å². The van der Waals surface area contributed by atoms with Gasteiger partial charge in [0.1, 0.15) is 17.3 Å². The molecule has 1 unspecified atom stereocenters. The summed E-state index contributed by atoms with van der Waals surface area (Å²) < 4.78 is 51.2. The lowest BCUT2D eigenvalue weighted by Crippen LogP contribution is -2.54. The van der Waals surface area contributed by atoms with Crippen molar-refractivity contribution in [2.24, 2.45) is 5.73 Å². The van der Waals surface area contributed by atoms with Gasteiger partial charge >= 0.3 is 18.0 Å². The molecule has 2 saturated heterocycles. The molecule has 3 amide bonds. The Labute approximate surface area is 251 Å². The third-order valence-electron chi connectivity index (χ3n) is 6.94. The number of carbonyl (C=O) groups is 4. The van der Waals surface area contributed by atoms with E-state index in [1.165, 1.54) is 0 Å². The van der Waals surface area contributed by atoms with Crippen molar-refractivity contribution >= 4 is 23.9 Å². The number of carboxylic acid groups (broad SMARTS) is 2. The Morgan fingerprint density at radius 3 is 2.09 bits per heavy atom. The van der Waals surface area contributed by atoms with Crippen molar-refractivity contribution in [1.29, 1.82) is 0 Å². The number of fused-ring (bicyclic) bond motifs is 1. The molecule has 0 spiro atoms. The van der Waals surface area contributed by atoms with E-state index in [0.29, 0.717) is 62.4 Å². The molecule has 4 rings (SSSR count). The fourth-order valence-electron chi connectivity index (χ4n) is 4.89. The number of benzene rings is 2. The second-order valence-corrected chi connectivity index (χ2v) is 10.1. The predicted octanol–water partition coefficient (Wildman–Crippen LogP) is 2.24. The Morgan fingerprint density at radius 1 is 0.932 bits per heavy atom. The molecule has 0 bridgehead atoms. The number of piperazine rings is 1. The van der Waals surface area contributed by atoms with Gasteiger partial charge in [-0.3, -0.25) is 4.79 Å². The molecule has 0 radical (unpaired) electrons. The minimum atomic E-state index is -1.27. The SMILES string of the molecule is COc1cc(CN2CC3CN(C(=O)C[C@H](N)Cc4cc(F)c(F)cc4F)CCN3C2=O)cc(OC)c1.O=C(O)/C=C/C(=O)O. The van der Waals surface area contributed by atoms with Crippen molar-refractivity contribution in [2.45, 2.75) is 31.5 Å². The van der Waals surface area contributed by atoms with Crippen LogP contribution in [0.3, 0.4) is 0 Å². The Balaban J connectivity index is 0.000000583. The first-order valence-electron chi connectivity index (χ1n) is 13.4. The first-order chi connectivity index (χ1) is 20.8. The lowest BCUT2D eigenvalue weighted by Gasteiger charge is -2.36. The maximum Gasteiger partial charge on any atom is 0.328 e. The summed E-state index contributed by atoms with van der Waals surface area (Å²) in [4.78, 5) is 50.1. The Kier molecular flexibility index (Phi) is 11.6. The number of urea groups is 1. The fourth-order valence-corrected chi connectivity index (χ4v) is 4.89. The number of carbonyl (C=O) groups excluding carboxylic acids is 2. The van der Waals surface area contributed by atoms with Gasteiger partial charge in [-0.1, -0.05) is 0 Å². The minimum absolute atomic E-state index is 0.0770. The second-order valence-electron chi connectivity index (χ2n) is 10.1. The first-order valence-corrected chi connectivity index (χ1v) is 13.4. The number of nitrogens with zero attached hydrogens (tertiary/aromatic N) is 3. The van der Waals surface area contributed by atoms with E-state index in [1.807, 2.05) is 12.1 Å². The smallest absolute Gasteiger partial charge is 0.328 e. The molecule has 0 aliphatic carbocycles. The van der Waals surface area contributed by atoms with Crippen molar-refractivity contribution in [3.63, 3.8) is 0 Å². The normalized spacial score (nSPS) is 16.7. The van der Waals surface area contributed by atoms with Crippen LogP contribution < -0.4 is 15.2 Å². The average Bonchev–Trinajstić information content (AvgIpc) is 3.28. The van der Waals surface area contributed by atoms with Gasteiger partial charge in [0.2, 0.25) is 5.91 Å². The van der Waals surface area contributed by atoms with Crippen LogP contribution in [-0.2, 0) is 27.3 Å². The van der Waals surface area contributed by atoms with Gasteiger partial charge < -0.3 is 40.1 Å². The van der Waals surface area contributed by atoms with Gasteiger partial charge in [-0.15, -0.1) is 0 Å². The molecule has 44 heavy (non-hydrogen) atoms. The van der Waals surface area contributed by atoms with Crippen LogP contribution in [0.1, 0.15) is 17.5 Å². The topological polar surface area (TPSA) is 163 Å². The minimum Gasteiger partial charge on any atom is -0.497 e. The highest BCUT2D eigenvalue weighted by Crippen LogP contribution is 2.27. The molecule has 15 heteroatoms. The number of hydrogen-bond acceptors (Lipinski definition) is 7. The molecular formula is C29H33F3N4O8. The lowest BCUT2D eigenvalue weighted by atomic mass is 10.0. The molecule has 2 atom stereocenters. The monoisotopic (exact) mass is 622 g/mol. The van der Waals surface area contributed by atoms with Crippen LogP contribution in [0.25, 0.3) is 0 Å². The third-order valence-corrected chi connectivity index (χ3v) is 6.94. The molecule has 0 saturated carbocycles. The van der Waals surface area contributed by atoms with Gasteiger partial charge in [0, 0.05) is 69.5 Å². The summed E-state index contributed by atoms with van der Waals surface area (Å²) in [5.74, 6) is -4.82. The fraction of sp³-hybridized carbons (Fsp3) is 0.379. The van der Waals surface area contributed by atoms with E-state index in [-0.39, 0.29) is 36.4 Å². The molecular weight excluding hydrogens is 589 g/mol. The molecule has 2 fully saturated rings. The summed E-state index contributed by atoms with van der Waals surface area (Å²) in [5.41, 5.74) is 6.82. The molecule has 2 heterocycles. The lowest BCUT2D eigenvalue weighted by molar-refractivity contribution is -0.134. The summed E-state index contributed by atoms with van der Waals surface area (Å²) in [6, 6.07) is 5.67. The molecule has 238 valence electrons. The largest absolute Gasteiger partial charge is 0.497 e. The number of carboxylic acids is 2. The van der Waals surface area contributed by atoms with Gasteiger partial charge in [-0.05, 0) is 35.7 Å². The number of aliphatic carboxylic acids is 2. The number of nitrogens with two attached hydrogens (primary N) is 1. The number of hydrogen-bond donors (Lipinski definition) is 3. The zero-order chi connectivity index (χ0) is 32.6.